The van der Waals surface area contributed by atoms with Crippen molar-refractivity contribution in [2.24, 2.45) is 5.92 Å². The molecule has 3 rings (SSSR count). The Balaban J connectivity index is 1.66. The van der Waals surface area contributed by atoms with Gasteiger partial charge in [0.2, 0.25) is 0 Å². The molecule has 1 aliphatic rings. The van der Waals surface area contributed by atoms with Crippen molar-refractivity contribution in [3.05, 3.63) is 52.2 Å². The van der Waals surface area contributed by atoms with Crippen LogP contribution in [0.3, 0.4) is 0 Å². The van der Waals surface area contributed by atoms with Crippen molar-refractivity contribution < 1.29 is 4.74 Å². The molecule has 2 aromatic rings. The Morgan fingerprint density at radius 1 is 1.26 bits per heavy atom. The molecule has 3 heteroatoms. The molecular formula is C16H19NOS. The largest absolute Gasteiger partial charge is 0.493 e. The monoisotopic (exact) mass is 273 g/mol. The lowest BCUT2D eigenvalue weighted by molar-refractivity contribution is 0.189. The van der Waals surface area contributed by atoms with E-state index >= 15 is 0 Å². The van der Waals surface area contributed by atoms with Crippen molar-refractivity contribution >= 4 is 11.3 Å². The Morgan fingerprint density at radius 3 is 3.00 bits per heavy atom. The Bertz CT molecular complexity index is 523. The summed E-state index contributed by atoms with van der Waals surface area (Å²) in [5.74, 6) is 1.55. The summed E-state index contributed by atoms with van der Waals surface area (Å²) in [6, 6.07) is 13.1. The van der Waals surface area contributed by atoms with Crippen molar-refractivity contribution in [3.8, 4) is 5.75 Å². The van der Waals surface area contributed by atoms with Gasteiger partial charge in [0, 0.05) is 28.9 Å². The Morgan fingerprint density at radius 2 is 2.16 bits per heavy atom. The van der Waals surface area contributed by atoms with Gasteiger partial charge in [0.25, 0.3) is 0 Å². The molecule has 1 aromatic carbocycles. The molecule has 2 heterocycles. The zero-order valence-corrected chi connectivity index (χ0v) is 12.0. The normalized spacial score (nSPS) is 21.7. The Hall–Kier alpha value is -1.32. The first-order valence-electron chi connectivity index (χ1n) is 6.82. The van der Waals surface area contributed by atoms with Gasteiger partial charge in [-0.05, 0) is 23.9 Å². The number of rotatable bonds is 4. The minimum Gasteiger partial charge on any atom is -0.493 e. The quantitative estimate of drug-likeness (QED) is 0.918. The SMILES string of the molecule is CC1COc2ccccc2C1NCCc1cccs1. The van der Waals surface area contributed by atoms with E-state index in [0.29, 0.717) is 12.0 Å². The smallest absolute Gasteiger partial charge is 0.124 e. The van der Waals surface area contributed by atoms with Crippen LogP contribution in [0.5, 0.6) is 5.75 Å². The van der Waals surface area contributed by atoms with Crippen LogP contribution in [0.1, 0.15) is 23.4 Å². The van der Waals surface area contributed by atoms with Crippen LogP contribution in [-0.2, 0) is 6.42 Å². The van der Waals surface area contributed by atoms with E-state index in [1.54, 1.807) is 0 Å². The third-order valence-corrected chi connectivity index (χ3v) is 4.58. The Labute approximate surface area is 118 Å². The van der Waals surface area contributed by atoms with Gasteiger partial charge in [-0.15, -0.1) is 11.3 Å². The number of nitrogens with one attached hydrogen (secondary N) is 1. The first kappa shape index (κ1) is 12.7. The predicted octanol–water partition coefficient (Wildman–Crippen LogP) is 3.65. The van der Waals surface area contributed by atoms with Gasteiger partial charge in [-0.1, -0.05) is 31.2 Å². The highest BCUT2D eigenvalue weighted by atomic mass is 32.1. The van der Waals surface area contributed by atoms with E-state index in [1.807, 2.05) is 17.4 Å². The molecule has 100 valence electrons. The van der Waals surface area contributed by atoms with Crippen molar-refractivity contribution in [1.29, 1.82) is 0 Å². The lowest BCUT2D eigenvalue weighted by atomic mass is 9.92. The Kier molecular flexibility index (Phi) is 3.85. The topological polar surface area (TPSA) is 21.3 Å². The van der Waals surface area contributed by atoms with Gasteiger partial charge >= 0.3 is 0 Å². The lowest BCUT2D eigenvalue weighted by Crippen LogP contribution is -2.34. The van der Waals surface area contributed by atoms with Gasteiger partial charge in [-0.25, -0.2) is 0 Å². The molecule has 0 saturated heterocycles. The minimum atomic E-state index is 0.407. The zero-order chi connectivity index (χ0) is 13.1. The molecule has 19 heavy (non-hydrogen) atoms. The molecule has 1 aromatic heterocycles. The summed E-state index contributed by atoms with van der Waals surface area (Å²) in [4.78, 5) is 1.44. The van der Waals surface area contributed by atoms with Crippen LogP contribution < -0.4 is 10.1 Å². The molecule has 2 unspecified atom stereocenters. The first-order valence-corrected chi connectivity index (χ1v) is 7.70. The molecule has 1 N–H and O–H groups in total. The second kappa shape index (κ2) is 5.76. The molecule has 0 fully saturated rings. The third kappa shape index (κ3) is 2.82. The molecular weight excluding hydrogens is 254 g/mol. The maximum Gasteiger partial charge on any atom is 0.124 e. The molecule has 2 atom stereocenters. The van der Waals surface area contributed by atoms with Crippen LogP contribution in [0, 0.1) is 5.92 Å². The van der Waals surface area contributed by atoms with Gasteiger partial charge < -0.3 is 10.1 Å². The fourth-order valence-corrected chi connectivity index (χ4v) is 3.32. The van der Waals surface area contributed by atoms with E-state index in [4.69, 9.17) is 4.74 Å². The van der Waals surface area contributed by atoms with Gasteiger partial charge in [-0.2, -0.15) is 0 Å². The van der Waals surface area contributed by atoms with Gasteiger partial charge in [0.1, 0.15) is 5.75 Å². The number of fused-ring (bicyclic) bond motifs is 1. The summed E-state index contributed by atoms with van der Waals surface area (Å²) in [5.41, 5.74) is 1.30. The third-order valence-electron chi connectivity index (χ3n) is 3.64. The second-order valence-corrected chi connectivity index (χ2v) is 6.12. The average molecular weight is 273 g/mol. The zero-order valence-electron chi connectivity index (χ0n) is 11.1. The molecule has 1 aliphatic heterocycles. The van der Waals surface area contributed by atoms with Gasteiger partial charge in [0.05, 0.1) is 6.61 Å². The molecule has 0 saturated carbocycles. The van der Waals surface area contributed by atoms with Gasteiger partial charge in [0.15, 0.2) is 0 Å². The maximum atomic E-state index is 5.78. The van der Waals surface area contributed by atoms with E-state index in [2.05, 4.69) is 48.0 Å². The molecule has 0 spiro atoms. The van der Waals surface area contributed by atoms with Crippen LogP contribution >= 0.6 is 11.3 Å². The van der Waals surface area contributed by atoms with Crippen LogP contribution in [0.4, 0.5) is 0 Å². The molecule has 0 radical (unpaired) electrons. The lowest BCUT2D eigenvalue weighted by Gasteiger charge is -2.32. The van der Waals surface area contributed by atoms with E-state index in [9.17, 15) is 0 Å². The molecule has 0 aliphatic carbocycles. The number of hydrogen-bond donors (Lipinski definition) is 1. The van der Waals surface area contributed by atoms with E-state index in [1.165, 1.54) is 10.4 Å². The fraction of sp³-hybridized carbons (Fsp3) is 0.375. The summed E-state index contributed by atoms with van der Waals surface area (Å²) < 4.78 is 5.78. The van der Waals surface area contributed by atoms with Gasteiger partial charge in [-0.3, -0.25) is 0 Å². The summed E-state index contributed by atoms with van der Waals surface area (Å²) in [7, 11) is 0. The molecule has 2 nitrogen and oxygen atoms in total. The van der Waals surface area contributed by atoms with Crippen LogP contribution in [0.25, 0.3) is 0 Å². The highest BCUT2D eigenvalue weighted by Gasteiger charge is 2.26. The average Bonchev–Trinajstić information content (AvgIpc) is 2.94. The van der Waals surface area contributed by atoms with E-state index in [0.717, 1.165) is 25.3 Å². The van der Waals surface area contributed by atoms with Crippen molar-refractivity contribution in [2.45, 2.75) is 19.4 Å². The minimum absolute atomic E-state index is 0.407. The van der Waals surface area contributed by atoms with E-state index in [-0.39, 0.29) is 0 Å². The van der Waals surface area contributed by atoms with E-state index < -0.39 is 0 Å². The summed E-state index contributed by atoms with van der Waals surface area (Å²) in [6.07, 6.45) is 1.10. The predicted molar refractivity (Wildman–Crippen MR) is 79.9 cm³/mol. The van der Waals surface area contributed by atoms with Crippen LogP contribution in [-0.4, -0.2) is 13.2 Å². The number of hydrogen-bond acceptors (Lipinski definition) is 3. The highest BCUT2D eigenvalue weighted by Crippen LogP contribution is 2.34. The molecule has 0 bridgehead atoms. The summed E-state index contributed by atoms with van der Waals surface area (Å²) in [6.45, 7) is 4.07. The van der Waals surface area contributed by atoms with Crippen LogP contribution in [0.15, 0.2) is 41.8 Å². The number of benzene rings is 1. The second-order valence-electron chi connectivity index (χ2n) is 5.09. The number of ether oxygens (including phenoxy) is 1. The standard InChI is InChI=1S/C16H19NOS/c1-12-11-18-15-7-3-2-6-14(15)16(12)17-9-8-13-5-4-10-19-13/h2-7,10,12,16-17H,8-9,11H2,1H3. The summed E-state index contributed by atoms with van der Waals surface area (Å²) in [5, 5.41) is 5.83. The maximum absolute atomic E-state index is 5.78. The van der Waals surface area contributed by atoms with Crippen molar-refractivity contribution in [2.75, 3.05) is 13.2 Å². The fourth-order valence-electron chi connectivity index (χ4n) is 2.61. The van der Waals surface area contributed by atoms with Crippen LogP contribution in [0.2, 0.25) is 0 Å². The van der Waals surface area contributed by atoms with Crippen molar-refractivity contribution in [1.82, 2.24) is 5.32 Å². The van der Waals surface area contributed by atoms with Crippen molar-refractivity contribution in [3.63, 3.8) is 0 Å². The summed E-state index contributed by atoms with van der Waals surface area (Å²) >= 11 is 1.83. The number of thiophene rings is 1. The first-order chi connectivity index (χ1) is 9.34. The number of para-hydroxylation sites is 1. The highest BCUT2D eigenvalue weighted by molar-refractivity contribution is 7.09. The molecule has 0 amide bonds.